The molecule has 0 saturated carbocycles. The lowest BCUT2D eigenvalue weighted by atomic mass is 10.2. The van der Waals surface area contributed by atoms with Gasteiger partial charge < -0.3 is 15.0 Å². The molecule has 110 valence electrons. The van der Waals surface area contributed by atoms with Gasteiger partial charge in [0.05, 0.1) is 13.2 Å². The molecule has 1 saturated heterocycles. The number of morpholine rings is 1. The topological polar surface area (TPSA) is 50.3 Å². The van der Waals surface area contributed by atoms with Crippen LogP contribution in [-0.4, -0.2) is 36.3 Å². The predicted molar refractivity (Wildman–Crippen MR) is 78.8 cm³/mol. The molecule has 0 atom stereocenters. The van der Waals surface area contributed by atoms with Crippen molar-refractivity contribution in [2.24, 2.45) is 0 Å². The number of benzene rings is 1. The van der Waals surface area contributed by atoms with Crippen molar-refractivity contribution < 1.29 is 9.13 Å². The highest BCUT2D eigenvalue weighted by Gasteiger charge is 2.13. The second kappa shape index (κ2) is 6.49. The number of hydrogen-bond acceptors (Lipinski definition) is 5. The number of nitrogens with one attached hydrogen (secondary N) is 1. The zero-order valence-corrected chi connectivity index (χ0v) is 11.6. The molecule has 2 heterocycles. The normalized spacial score (nSPS) is 15.0. The number of aromatic nitrogens is 2. The van der Waals surface area contributed by atoms with Crippen LogP contribution in [0.15, 0.2) is 36.5 Å². The van der Waals surface area contributed by atoms with Crippen molar-refractivity contribution in [1.29, 1.82) is 0 Å². The van der Waals surface area contributed by atoms with Crippen LogP contribution in [0.2, 0.25) is 0 Å². The van der Waals surface area contributed by atoms with Crippen molar-refractivity contribution in [1.82, 2.24) is 9.97 Å². The third-order valence-corrected chi connectivity index (χ3v) is 3.37. The predicted octanol–water partition coefficient (Wildman–Crippen LogP) is 2.06. The maximum absolute atomic E-state index is 13.6. The van der Waals surface area contributed by atoms with Crippen molar-refractivity contribution in [2.45, 2.75) is 6.54 Å². The van der Waals surface area contributed by atoms with Gasteiger partial charge in [0.15, 0.2) is 0 Å². The van der Waals surface area contributed by atoms with Crippen LogP contribution < -0.4 is 10.2 Å². The Bertz CT molecular complexity index is 602. The molecule has 1 aromatic carbocycles. The van der Waals surface area contributed by atoms with Gasteiger partial charge in [0, 0.05) is 31.4 Å². The van der Waals surface area contributed by atoms with E-state index in [0.29, 0.717) is 31.3 Å². The summed E-state index contributed by atoms with van der Waals surface area (Å²) in [5, 5.41) is 3.06. The van der Waals surface area contributed by atoms with Crippen LogP contribution >= 0.6 is 0 Å². The van der Waals surface area contributed by atoms with E-state index >= 15 is 0 Å². The fourth-order valence-electron chi connectivity index (χ4n) is 2.22. The molecule has 0 amide bonds. The first kappa shape index (κ1) is 13.8. The lowest BCUT2D eigenvalue weighted by Gasteiger charge is -2.27. The van der Waals surface area contributed by atoms with Gasteiger partial charge in [-0.1, -0.05) is 18.2 Å². The quantitative estimate of drug-likeness (QED) is 0.933. The first-order valence-corrected chi connectivity index (χ1v) is 6.96. The summed E-state index contributed by atoms with van der Waals surface area (Å²) in [6.07, 6.45) is 1.71. The molecule has 1 aliphatic rings. The van der Waals surface area contributed by atoms with E-state index in [9.17, 15) is 4.39 Å². The van der Waals surface area contributed by atoms with E-state index in [0.717, 1.165) is 18.9 Å². The van der Waals surface area contributed by atoms with E-state index < -0.39 is 0 Å². The van der Waals surface area contributed by atoms with Crippen LogP contribution in [-0.2, 0) is 11.3 Å². The number of anilines is 2. The third-order valence-electron chi connectivity index (χ3n) is 3.37. The summed E-state index contributed by atoms with van der Waals surface area (Å²) in [6.45, 7) is 3.43. The van der Waals surface area contributed by atoms with Gasteiger partial charge in [0.25, 0.3) is 0 Å². The Hall–Kier alpha value is -2.21. The first-order valence-electron chi connectivity index (χ1n) is 6.96. The van der Waals surface area contributed by atoms with Crippen molar-refractivity contribution >= 4 is 11.8 Å². The van der Waals surface area contributed by atoms with Crippen LogP contribution in [0.1, 0.15) is 5.56 Å². The van der Waals surface area contributed by atoms with Crippen LogP contribution in [0.5, 0.6) is 0 Å². The minimum atomic E-state index is -0.227. The molecule has 0 aliphatic carbocycles. The van der Waals surface area contributed by atoms with Gasteiger partial charge in [0.1, 0.15) is 11.6 Å². The molecule has 2 aromatic rings. The Morgan fingerprint density at radius 3 is 2.81 bits per heavy atom. The van der Waals surface area contributed by atoms with Gasteiger partial charge in [-0.2, -0.15) is 4.98 Å². The van der Waals surface area contributed by atoms with Gasteiger partial charge >= 0.3 is 0 Å². The summed E-state index contributed by atoms with van der Waals surface area (Å²) in [6, 6.07) is 8.55. The van der Waals surface area contributed by atoms with Gasteiger partial charge in [-0.25, -0.2) is 9.37 Å². The molecular formula is C15H17FN4O. The van der Waals surface area contributed by atoms with E-state index in [1.54, 1.807) is 18.3 Å². The molecule has 0 spiro atoms. The lowest BCUT2D eigenvalue weighted by Crippen LogP contribution is -2.36. The molecule has 1 fully saturated rings. The number of hydrogen-bond donors (Lipinski definition) is 1. The molecule has 0 bridgehead atoms. The van der Waals surface area contributed by atoms with Crippen molar-refractivity contribution in [3.63, 3.8) is 0 Å². The minimum absolute atomic E-state index is 0.227. The Kier molecular flexibility index (Phi) is 4.25. The van der Waals surface area contributed by atoms with Crippen molar-refractivity contribution in [3.05, 3.63) is 47.9 Å². The molecule has 0 unspecified atom stereocenters. The summed E-state index contributed by atoms with van der Waals surface area (Å²) in [4.78, 5) is 10.8. The van der Waals surface area contributed by atoms with Crippen LogP contribution in [0.3, 0.4) is 0 Å². The lowest BCUT2D eigenvalue weighted by molar-refractivity contribution is 0.122. The molecule has 1 aliphatic heterocycles. The van der Waals surface area contributed by atoms with Crippen LogP contribution in [0.25, 0.3) is 0 Å². The van der Waals surface area contributed by atoms with E-state index in [4.69, 9.17) is 4.74 Å². The summed E-state index contributed by atoms with van der Waals surface area (Å²) in [5.74, 6) is 1.14. The molecule has 6 heteroatoms. The van der Waals surface area contributed by atoms with Crippen molar-refractivity contribution in [3.8, 4) is 0 Å². The van der Waals surface area contributed by atoms with E-state index in [1.807, 2.05) is 12.1 Å². The van der Waals surface area contributed by atoms with E-state index in [1.165, 1.54) is 6.07 Å². The Balaban J connectivity index is 1.67. The largest absolute Gasteiger partial charge is 0.378 e. The molecule has 21 heavy (non-hydrogen) atoms. The maximum atomic E-state index is 13.6. The van der Waals surface area contributed by atoms with Gasteiger partial charge in [-0.15, -0.1) is 0 Å². The van der Waals surface area contributed by atoms with E-state index in [-0.39, 0.29) is 5.82 Å². The molecule has 1 aromatic heterocycles. The van der Waals surface area contributed by atoms with Gasteiger partial charge in [-0.05, 0) is 12.1 Å². The molecule has 3 rings (SSSR count). The highest BCUT2D eigenvalue weighted by atomic mass is 19.1. The Morgan fingerprint density at radius 1 is 1.19 bits per heavy atom. The number of ether oxygens (including phenoxy) is 1. The SMILES string of the molecule is Fc1ccccc1CNc1nccc(N2CCOCC2)n1. The summed E-state index contributed by atoms with van der Waals surface area (Å²) >= 11 is 0. The first-order chi connectivity index (χ1) is 10.3. The average Bonchev–Trinajstić information content (AvgIpc) is 2.55. The minimum Gasteiger partial charge on any atom is -0.378 e. The Morgan fingerprint density at radius 2 is 2.00 bits per heavy atom. The molecule has 0 radical (unpaired) electrons. The van der Waals surface area contributed by atoms with Crippen molar-refractivity contribution in [2.75, 3.05) is 36.5 Å². The number of halogens is 1. The highest BCUT2D eigenvalue weighted by Crippen LogP contribution is 2.14. The van der Waals surface area contributed by atoms with Crippen LogP contribution in [0.4, 0.5) is 16.2 Å². The zero-order valence-electron chi connectivity index (χ0n) is 11.6. The molecule has 1 N–H and O–H groups in total. The summed E-state index contributed by atoms with van der Waals surface area (Å²) < 4.78 is 18.9. The van der Waals surface area contributed by atoms with Gasteiger partial charge in [0.2, 0.25) is 5.95 Å². The second-order valence-corrected chi connectivity index (χ2v) is 4.78. The fraction of sp³-hybridized carbons (Fsp3) is 0.333. The number of rotatable bonds is 4. The average molecular weight is 288 g/mol. The second-order valence-electron chi connectivity index (χ2n) is 4.78. The van der Waals surface area contributed by atoms with Crippen LogP contribution in [0, 0.1) is 5.82 Å². The van der Waals surface area contributed by atoms with E-state index in [2.05, 4.69) is 20.2 Å². The maximum Gasteiger partial charge on any atom is 0.224 e. The third kappa shape index (κ3) is 3.46. The summed E-state index contributed by atoms with van der Waals surface area (Å²) in [5.41, 5.74) is 0.595. The number of nitrogens with zero attached hydrogens (tertiary/aromatic N) is 3. The standard InChI is InChI=1S/C15H17FN4O/c16-13-4-2-1-3-12(13)11-18-15-17-6-5-14(19-15)20-7-9-21-10-8-20/h1-6H,7-11H2,(H,17,18,19). The molecular weight excluding hydrogens is 271 g/mol. The van der Waals surface area contributed by atoms with Gasteiger partial charge in [-0.3, -0.25) is 0 Å². The fourth-order valence-corrected chi connectivity index (χ4v) is 2.22. The molecule has 5 nitrogen and oxygen atoms in total. The smallest absolute Gasteiger partial charge is 0.224 e. The Labute approximate surface area is 122 Å². The zero-order chi connectivity index (χ0) is 14.5. The summed E-state index contributed by atoms with van der Waals surface area (Å²) in [7, 11) is 0. The monoisotopic (exact) mass is 288 g/mol. The highest BCUT2D eigenvalue weighted by molar-refractivity contribution is 5.43.